The number of hydrogen-bond donors (Lipinski definition) is 3. The molecule has 2 aromatic heterocycles. The molecule has 2 saturated heterocycles. The molecule has 14 heteroatoms. The molecule has 0 radical (unpaired) electrons. The lowest BCUT2D eigenvalue weighted by Crippen LogP contribution is -2.46. The summed E-state index contributed by atoms with van der Waals surface area (Å²) in [4.78, 5) is 48.8. The molecule has 0 aliphatic carbocycles. The zero-order chi connectivity index (χ0) is 32.3. The summed E-state index contributed by atoms with van der Waals surface area (Å²) in [5, 5.41) is 15.1. The van der Waals surface area contributed by atoms with E-state index in [0.29, 0.717) is 65.4 Å². The van der Waals surface area contributed by atoms with E-state index in [2.05, 4.69) is 42.8 Å². The molecule has 238 valence electrons. The molecule has 3 amide bonds. The third-order valence-electron chi connectivity index (χ3n) is 9.18. The van der Waals surface area contributed by atoms with E-state index in [1.54, 1.807) is 17.8 Å². The quantitative estimate of drug-likeness (QED) is 0.263. The van der Waals surface area contributed by atoms with Gasteiger partial charge in [-0.15, -0.1) is 0 Å². The maximum atomic E-state index is 14.8. The van der Waals surface area contributed by atoms with Crippen LogP contribution in [0.1, 0.15) is 43.4 Å². The Morgan fingerprint density at radius 2 is 1.91 bits per heavy atom. The van der Waals surface area contributed by atoms with Crippen LogP contribution in [0.15, 0.2) is 36.5 Å². The zero-order valence-electron chi connectivity index (χ0n) is 25.6. The Labute approximate surface area is 269 Å². The molecular formula is C32H33ClFN9O3. The number of nitrogens with zero attached hydrogens (tertiary/aromatic N) is 6. The summed E-state index contributed by atoms with van der Waals surface area (Å²) < 4.78 is 16.6. The van der Waals surface area contributed by atoms with E-state index in [1.807, 2.05) is 25.2 Å². The molecule has 5 heterocycles. The number of hydrogen-bond acceptors (Lipinski definition) is 9. The average Bonchev–Trinajstić information content (AvgIpc) is 3.49. The second kappa shape index (κ2) is 11.5. The molecule has 46 heavy (non-hydrogen) atoms. The van der Waals surface area contributed by atoms with Gasteiger partial charge in [0.2, 0.25) is 23.7 Å². The molecule has 3 aliphatic rings. The third-order valence-corrected chi connectivity index (χ3v) is 9.45. The molecule has 3 aliphatic heterocycles. The number of carbonyl (C=O) groups is 3. The van der Waals surface area contributed by atoms with Gasteiger partial charge < -0.3 is 20.4 Å². The number of carbonyl (C=O) groups excluding carboxylic acids is 3. The van der Waals surface area contributed by atoms with E-state index < -0.39 is 11.7 Å². The minimum atomic E-state index is -0.487. The number of halogens is 2. The highest BCUT2D eigenvalue weighted by Gasteiger charge is 2.33. The number of aromatic nitrogens is 4. The highest BCUT2D eigenvalue weighted by molar-refractivity contribution is 6.33. The number of amides is 3. The number of anilines is 5. The molecule has 7 rings (SSSR count). The zero-order valence-corrected chi connectivity index (χ0v) is 26.4. The molecule has 2 aromatic carbocycles. The van der Waals surface area contributed by atoms with Crippen molar-refractivity contribution in [3.63, 3.8) is 0 Å². The number of nitrogens with one attached hydrogen (secondary N) is 3. The summed E-state index contributed by atoms with van der Waals surface area (Å²) in [6.45, 7) is 3.58. The van der Waals surface area contributed by atoms with Gasteiger partial charge >= 0.3 is 0 Å². The van der Waals surface area contributed by atoms with Gasteiger partial charge in [0.15, 0.2) is 5.82 Å². The summed E-state index contributed by atoms with van der Waals surface area (Å²) in [6, 6.07) is 9.32. The van der Waals surface area contributed by atoms with Crippen molar-refractivity contribution < 1.29 is 18.8 Å². The Hall–Kier alpha value is -4.78. The van der Waals surface area contributed by atoms with Crippen molar-refractivity contribution in [2.45, 2.75) is 44.6 Å². The van der Waals surface area contributed by atoms with Crippen molar-refractivity contribution in [3.05, 3.63) is 58.6 Å². The van der Waals surface area contributed by atoms with E-state index in [-0.39, 0.29) is 36.1 Å². The first-order valence-corrected chi connectivity index (χ1v) is 15.6. The van der Waals surface area contributed by atoms with Crippen LogP contribution in [0, 0.1) is 11.7 Å². The highest BCUT2D eigenvalue weighted by Crippen LogP contribution is 2.36. The normalized spacial score (nSPS) is 21.5. The van der Waals surface area contributed by atoms with Crippen LogP contribution in [-0.2, 0) is 27.9 Å². The summed E-state index contributed by atoms with van der Waals surface area (Å²) in [7, 11) is 3.43. The minimum absolute atomic E-state index is 0.140. The van der Waals surface area contributed by atoms with Crippen molar-refractivity contribution in [1.82, 2.24) is 25.1 Å². The topological polar surface area (TPSA) is 137 Å². The first-order valence-electron chi connectivity index (χ1n) is 15.3. The lowest BCUT2D eigenvalue weighted by molar-refractivity contribution is -0.134. The first kappa shape index (κ1) is 29.9. The van der Waals surface area contributed by atoms with Crippen molar-refractivity contribution in [2.75, 3.05) is 40.6 Å². The molecule has 12 nitrogen and oxygen atoms in total. The van der Waals surface area contributed by atoms with Crippen molar-refractivity contribution in [1.29, 1.82) is 0 Å². The number of rotatable bonds is 6. The number of likely N-dealkylation sites (N-methyl/N-ethyl adjacent to an activating group) is 1. The van der Waals surface area contributed by atoms with Gasteiger partial charge in [0.1, 0.15) is 10.8 Å². The van der Waals surface area contributed by atoms with Crippen LogP contribution < -0.4 is 25.8 Å². The van der Waals surface area contributed by atoms with Gasteiger partial charge in [-0.25, -0.2) is 9.37 Å². The van der Waals surface area contributed by atoms with Crippen LogP contribution in [0.25, 0.3) is 10.9 Å². The summed E-state index contributed by atoms with van der Waals surface area (Å²) in [5.74, 6) is -0.509. The van der Waals surface area contributed by atoms with Crippen molar-refractivity contribution in [3.8, 4) is 0 Å². The molecule has 0 bridgehead atoms. The van der Waals surface area contributed by atoms with E-state index in [9.17, 15) is 18.8 Å². The predicted molar refractivity (Wildman–Crippen MR) is 173 cm³/mol. The molecule has 0 unspecified atom stereocenters. The number of fused-ring (bicyclic) bond motifs is 2. The van der Waals surface area contributed by atoms with E-state index >= 15 is 0 Å². The average molecular weight is 646 g/mol. The number of benzene rings is 2. The molecule has 3 atom stereocenters. The minimum Gasteiger partial charge on any atom is -0.382 e. The molecule has 4 aromatic rings. The van der Waals surface area contributed by atoms with Crippen LogP contribution in [0.2, 0.25) is 5.02 Å². The molecule has 3 N–H and O–H groups in total. The summed E-state index contributed by atoms with van der Waals surface area (Å²) in [5.41, 5.74) is 3.92. The van der Waals surface area contributed by atoms with Crippen LogP contribution >= 0.6 is 11.6 Å². The Morgan fingerprint density at radius 1 is 1.09 bits per heavy atom. The number of piperidine rings is 2. The van der Waals surface area contributed by atoms with Crippen molar-refractivity contribution in [2.24, 2.45) is 13.0 Å². The summed E-state index contributed by atoms with van der Waals surface area (Å²) in [6.07, 6.45) is 3.27. The van der Waals surface area contributed by atoms with E-state index in [0.717, 1.165) is 23.0 Å². The van der Waals surface area contributed by atoms with Gasteiger partial charge in [0.25, 0.3) is 0 Å². The maximum Gasteiger partial charge on any atom is 0.235 e. The number of aryl methyl sites for hydroxylation is 1. The second-order valence-electron chi connectivity index (χ2n) is 12.3. The predicted octanol–water partition coefficient (Wildman–Crippen LogP) is 4.27. The Morgan fingerprint density at radius 3 is 2.70 bits per heavy atom. The fourth-order valence-corrected chi connectivity index (χ4v) is 6.86. The standard InChI is InChI=1S/C32H33ClFN9O3/c1-16-15-43(32-35-14-22(33)30(39-32)37-19-10-17-11-27(45)41(2)29(17)23(34)12-19)9-8-24(16)36-18-4-5-20-25(13-18)42(3)40-28(20)21-6-7-26(44)38-31(21)46/h4-5,10,12-14,16,21,24,36H,6-9,11,15H2,1-3H3,(H,35,37,39)(H,38,44,46)/t16-,21-,24-/m1/s1. The van der Waals surface area contributed by atoms with Gasteiger partial charge in [-0.2, -0.15) is 10.1 Å². The maximum absolute atomic E-state index is 14.8. The number of imide groups is 1. The molecule has 0 spiro atoms. The Bertz CT molecular complexity index is 1910. The highest BCUT2D eigenvalue weighted by atomic mass is 35.5. The summed E-state index contributed by atoms with van der Waals surface area (Å²) >= 11 is 6.43. The first-order chi connectivity index (χ1) is 22.0. The van der Waals surface area contributed by atoms with E-state index in [1.165, 1.54) is 17.2 Å². The van der Waals surface area contributed by atoms with Crippen LogP contribution in [0.5, 0.6) is 0 Å². The van der Waals surface area contributed by atoms with Crippen LogP contribution in [-0.4, -0.2) is 63.6 Å². The molecular weight excluding hydrogens is 613 g/mol. The fraction of sp³-hybridized carbons (Fsp3) is 0.375. The molecule has 0 saturated carbocycles. The largest absolute Gasteiger partial charge is 0.382 e. The smallest absolute Gasteiger partial charge is 0.235 e. The monoisotopic (exact) mass is 645 g/mol. The van der Waals surface area contributed by atoms with Crippen LogP contribution in [0.4, 0.5) is 33.2 Å². The fourth-order valence-electron chi connectivity index (χ4n) is 6.72. The lowest BCUT2D eigenvalue weighted by atomic mass is 9.92. The Balaban J connectivity index is 1.03. The molecule has 2 fully saturated rings. The lowest BCUT2D eigenvalue weighted by Gasteiger charge is -2.37. The van der Waals surface area contributed by atoms with Crippen LogP contribution in [0.3, 0.4) is 0 Å². The van der Waals surface area contributed by atoms with Gasteiger partial charge in [-0.3, -0.25) is 24.4 Å². The third kappa shape index (κ3) is 5.38. The second-order valence-corrected chi connectivity index (χ2v) is 12.7. The van der Waals surface area contributed by atoms with Gasteiger partial charge in [-0.05, 0) is 54.7 Å². The Kier molecular flexibility index (Phi) is 7.50. The van der Waals surface area contributed by atoms with Gasteiger partial charge in [0, 0.05) is 56.4 Å². The van der Waals surface area contributed by atoms with E-state index in [4.69, 9.17) is 11.6 Å². The van der Waals surface area contributed by atoms with Crippen molar-refractivity contribution >= 4 is 69.1 Å². The van der Waals surface area contributed by atoms with Gasteiger partial charge in [-0.1, -0.05) is 18.5 Å². The van der Waals surface area contributed by atoms with Gasteiger partial charge in [0.05, 0.1) is 35.4 Å². The SMILES string of the molecule is C[C@@H]1CN(c2ncc(Cl)c(Nc3cc(F)c4c(c3)CC(=O)N4C)n2)CC[C@H]1Nc1ccc2c([C@H]3CCC(=O)NC3=O)nn(C)c2c1.